The Bertz CT molecular complexity index is 1400. The average Bonchev–Trinajstić information content (AvgIpc) is 3.35. The van der Waals surface area contributed by atoms with Gasteiger partial charge < -0.3 is 5.32 Å². The number of nitrogens with zero attached hydrogens (tertiary/aromatic N) is 6. The lowest BCUT2D eigenvalue weighted by atomic mass is 10.1. The highest BCUT2D eigenvalue weighted by Gasteiger charge is 2.13. The van der Waals surface area contributed by atoms with Gasteiger partial charge in [-0.25, -0.2) is 8.91 Å². The first kappa shape index (κ1) is 18.8. The highest BCUT2D eigenvalue weighted by molar-refractivity contribution is 7.15. The van der Waals surface area contributed by atoms with E-state index in [2.05, 4.69) is 25.6 Å². The van der Waals surface area contributed by atoms with Crippen LogP contribution in [0.25, 0.3) is 27.5 Å². The molecule has 31 heavy (non-hydrogen) atoms. The van der Waals surface area contributed by atoms with E-state index in [1.165, 1.54) is 35.6 Å². The summed E-state index contributed by atoms with van der Waals surface area (Å²) in [5, 5.41) is 28.5. The Labute approximate surface area is 178 Å². The van der Waals surface area contributed by atoms with Crippen molar-refractivity contribution in [3.63, 3.8) is 0 Å². The van der Waals surface area contributed by atoms with Crippen LogP contribution in [0, 0.1) is 15.9 Å². The number of nitrogens with one attached hydrogen (secondary N) is 1. The van der Waals surface area contributed by atoms with Crippen molar-refractivity contribution in [3.05, 3.63) is 82.0 Å². The van der Waals surface area contributed by atoms with Crippen LogP contribution < -0.4 is 5.32 Å². The predicted octanol–water partition coefficient (Wildman–Crippen LogP) is 4.71. The molecule has 3 heterocycles. The second-order valence-electron chi connectivity index (χ2n) is 6.49. The molecule has 1 N–H and O–H groups in total. The van der Waals surface area contributed by atoms with Gasteiger partial charge in [0.2, 0.25) is 10.9 Å². The van der Waals surface area contributed by atoms with Crippen LogP contribution in [0.2, 0.25) is 0 Å². The minimum atomic E-state index is -0.455. The zero-order chi connectivity index (χ0) is 21.4. The van der Waals surface area contributed by atoms with E-state index in [1.807, 2.05) is 5.38 Å². The Hall–Kier alpha value is -4.25. The van der Waals surface area contributed by atoms with Gasteiger partial charge in [-0.1, -0.05) is 12.1 Å². The molecule has 0 saturated heterocycles. The lowest BCUT2D eigenvalue weighted by Crippen LogP contribution is -1.99. The third kappa shape index (κ3) is 3.69. The number of benzene rings is 2. The minimum absolute atomic E-state index is 0.0132. The molecule has 11 heteroatoms. The number of nitro benzene ring substituents is 1. The normalized spacial score (nSPS) is 11.0. The summed E-state index contributed by atoms with van der Waals surface area (Å²) in [4.78, 5) is 15.6. The molecular formula is C20H12FN7O2S. The molecule has 0 aliphatic heterocycles. The van der Waals surface area contributed by atoms with Gasteiger partial charge in [-0.15, -0.1) is 26.6 Å². The number of halogens is 1. The van der Waals surface area contributed by atoms with Crippen LogP contribution in [0.3, 0.4) is 0 Å². The van der Waals surface area contributed by atoms with E-state index in [4.69, 9.17) is 0 Å². The standard InChI is InChI=1S/C20H12FN7O2S/c21-14-6-4-12(5-7-14)17-11-31-20-23-19(26-27(17)20)22-18-9-8-16(24-25-18)13-2-1-3-15(10-13)28(29)30/h1-11H,(H,22,25,26). The number of non-ortho nitro benzene ring substituents is 1. The quantitative estimate of drug-likeness (QED) is 0.316. The van der Waals surface area contributed by atoms with Crippen LogP contribution >= 0.6 is 11.3 Å². The SMILES string of the molecule is O=[N+]([O-])c1cccc(-c2ccc(Nc3nc4scc(-c5ccc(F)cc5)n4n3)nn2)c1. The van der Waals surface area contributed by atoms with Crippen LogP contribution in [-0.4, -0.2) is 29.7 Å². The van der Waals surface area contributed by atoms with E-state index in [0.29, 0.717) is 28.0 Å². The minimum Gasteiger partial charge on any atom is -0.306 e. The van der Waals surface area contributed by atoms with Crippen molar-refractivity contribution in [1.82, 2.24) is 24.8 Å². The molecule has 0 bridgehead atoms. The lowest BCUT2D eigenvalue weighted by Gasteiger charge is -2.03. The Morgan fingerprint density at radius 3 is 2.61 bits per heavy atom. The molecule has 152 valence electrons. The van der Waals surface area contributed by atoms with Crippen molar-refractivity contribution in [3.8, 4) is 22.5 Å². The molecule has 0 amide bonds. The molecule has 9 nitrogen and oxygen atoms in total. The van der Waals surface area contributed by atoms with Crippen molar-refractivity contribution in [2.75, 3.05) is 5.32 Å². The van der Waals surface area contributed by atoms with Crippen LogP contribution in [0.4, 0.5) is 21.8 Å². The van der Waals surface area contributed by atoms with Crippen LogP contribution in [-0.2, 0) is 0 Å². The predicted molar refractivity (Wildman–Crippen MR) is 114 cm³/mol. The number of hydrogen-bond acceptors (Lipinski definition) is 8. The van der Waals surface area contributed by atoms with Gasteiger partial charge in [0.05, 0.1) is 16.3 Å². The third-order valence-corrected chi connectivity index (χ3v) is 5.29. The molecular weight excluding hydrogens is 421 g/mol. The molecule has 0 fully saturated rings. The van der Waals surface area contributed by atoms with Gasteiger partial charge in [-0.05, 0) is 36.4 Å². The first-order valence-corrected chi connectivity index (χ1v) is 9.90. The van der Waals surface area contributed by atoms with Gasteiger partial charge in [0, 0.05) is 28.6 Å². The fraction of sp³-hybridized carbons (Fsp3) is 0. The van der Waals surface area contributed by atoms with E-state index in [0.717, 1.165) is 11.3 Å². The molecule has 5 rings (SSSR count). The summed E-state index contributed by atoms with van der Waals surface area (Å²) >= 11 is 1.41. The molecule has 0 saturated carbocycles. The molecule has 0 aliphatic rings. The molecule has 0 atom stereocenters. The number of hydrogen-bond donors (Lipinski definition) is 1. The number of aromatic nitrogens is 5. The maximum atomic E-state index is 13.2. The van der Waals surface area contributed by atoms with Gasteiger partial charge >= 0.3 is 0 Å². The molecule has 0 spiro atoms. The van der Waals surface area contributed by atoms with E-state index >= 15 is 0 Å². The topological polar surface area (TPSA) is 111 Å². The molecule has 0 aliphatic carbocycles. The summed E-state index contributed by atoms with van der Waals surface area (Å²) in [7, 11) is 0. The van der Waals surface area contributed by atoms with Crippen molar-refractivity contribution >= 4 is 33.8 Å². The number of thiazole rings is 1. The van der Waals surface area contributed by atoms with Gasteiger partial charge in [0.25, 0.3) is 5.69 Å². The highest BCUT2D eigenvalue weighted by Crippen LogP contribution is 2.27. The summed E-state index contributed by atoms with van der Waals surface area (Å²) in [5.41, 5.74) is 2.71. The average molecular weight is 433 g/mol. The summed E-state index contributed by atoms with van der Waals surface area (Å²) in [6.45, 7) is 0. The Balaban J connectivity index is 1.38. The van der Waals surface area contributed by atoms with Gasteiger partial charge in [-0.2, -0.15) is 4.98 Å². The van der Waals surface area contributed by atoms with Crippen molar-refractivity contribution < 1.29 is 9.31 Å². The first-order valence-electron chi connectivity index (χ1n) is 9.02. The van der Waals surface area contributed by atoms with Crippen molar-refractivity contribution in [2.24, 2.45) is 0 Å². The summed E-state index contributed by atoms with van der Waals surface area (Å²) in [6.07, 6.45) is 0. The summed E-state index contributed by atoms with van der Waals surface area (Å²) in [5.74, 6) is 0.465. The van der Waals surface area contributed by atoms with Crippen LogP contribution in [0.1, 0.15) is 0 Å². The zero-order valence-corrected chi connectivity index (χ0v) is 16.5. The van der Waals surface area contributed by atoms with Crippen molar-refractivity contribution in [2.45, 2.75) is 0 Å². The number of fused-ring (bicyclic) bond motifs is 1. The molecule has 5 aromatic rings. The van der Waals surface area contributed by atoms with Crippen molar-refractivity contribution in [1.29, 1.82) is 0 Å². The largest absolute Gasteiger partial charge is 0.306 e. The monoisotopic (exact) mass is 433 g/mol. The third-order valence-electron chi connectivity index (χ3n) is 4.48. The summed E-state index contributed by atoms with van der Waals surface area (Å²) < 4.78 is 14.9. The highest BCUT2D eigenvalue weighted by atomic mass is 32.1. The second-order valence-corrected chi connectivity index (χ2v) is 7.33. The second kappa shape index (κ2) is 7.54. The number of anilines is 2. The maximum Gasteiger partial charge on any atom is 0.270 e. The van der Waals surface area contributed by atoms with Crippen LogP contribution in [0.15, 0.2) is 66.0 Å². The van der Waals surface area contributed by atoms with Gasteiger partial charge in [0.1, 0.15) is 5.82 Å². The first-order chi connectivity index (χ1) is 15.1. The van der Waals surface area contributed by atoms with E-state index < -0.39 is 4.92 Å². The Morgan fingerprint density at radius 2 is 1.87 bits per heavy atom. The molecule has 0 radical (unpaired) electrons. The fourth-order valence-electron chi connectivity index (χ4n) is 3.00. The number of nitro groups is 1. The van der Waals surface area contributed by atoms with E-state index in [1.54, 1.807) is 40.9 Å². The lowest BCUT2D eigenvalue weighted by molar-refractivity contribution is -0.384. The zero-order valence-electron chi connectivity index (χ0n) is 15.6. The number of rotatable bonds is 5. The van der Waals surface area contributed by atoms with Gasteiger partial charge in [-0.3, -0.25) is 10.1 Å². The molecule has 0 unspecified atom stereocenters. The Morgan fingerprint density at radius 1 is 1.03 bits per heavy atom. The Kier molecular flexibility index (Phi) is 4.56. The van der Waals surface area contributed by atoms with E-state index in [-0.39, 0.29) is 11.5 Å². The van der Waals surface area contributed by atoms with Gasteiger partial charge in [0.15, 0.2) is 5.82 Å². The summed E-state index contributed by atoms with van der Waals surface area (Å²) in [6, 6.07) is 15.7. The molecule has 2 aromatic carbocycles. The van der Waals surface area contributed by atoms with E-state index in [9.17, 15) is 14.5 Å². The van der Waals surface area contributed by atoms with Crippen LogP contribution in [0.5, 0.6) is 0 Å². The molecule has 3 aromatic heterocycles. The maximum absolute atomic E-state index is 13.2. The fourth-order valence-corrected chi connectivity index (χ4v) is 3.83. The smallest absolute Gasteiger partial charge is 0.270 e.